The quantitative estimate of drug-likeness (QED) is 0.408. The second kappa shape index (κ2) is 3.15. The Morgan fingerprint density at radius 3 is 2.46 bits per heavy atom. The van der Waals surface area contributed by atoms with Crippen LogP contribution in [0.15, 0.2) is 23.1 Å². The molecule has 0 spiro atoms. The van der Waals surface area contributed by atoms with Crippen LogP contribution >= 0.6 is 0 Å². The average Bonchev–Trinajstić information content (AvgIpc) is 2.03. The van der Waals surface area contributed by atoms with Gasteiger partial charge in [0.15, 0.2) is 6.29 Å². The molecule has 1 rings (SSSR count). The van der Waals surface area contributed by atoms with Crippen LogP contribution in [-0.2, 0) is 10.1 Å². The lowest BCUT2D eigenvalue weighted by Crippen LogP contribution is -2.03. The molecule has 0 atom stereocenters. The first-order chi connectivity index (χ1) is 5.95. The van der Waals surface area contributed by atoms with Crippen molar-refractivity contribution in [2.45, 2.75) is 4.90 Å². The molecule has 5 nitrogen and oxygen atoms in total. The Morgan fingerprint density at radius 1 is 1.38 bits per heavy atom. The molecule has 0 unspecified atom stereocenters. The zero-order chi connectivity index (χ0) is 10.1. The Labute approximate surface area is 74.9 Å². The molecule has 0 amide bonds. The van der Waals surface area contributed by atoms with Crippen molar-refractivity contribution in [3.05, 3.63) is 23.8 Å². The number of carbonyl (C=O) groups excluding carboxylic acids is 1. The summed E-state index contributed by atoms with van der Waals surface area (Å²) < 4.78 is 30.1. The van der Waals surface area contributed by atoms with Crippen molar-refractivity contribution in [3.8, 4) is 0 Å². The van der Waals surface area contributed by atoms with Crippen LogP contribution in [0.2, 0.25) is 0 Å². The van der Waals surface area contributed by atoms with E-state index in [1.807, 2.05) is 0 Å². The molecule has 3 N–H and O–H groups in total. The topological polar surface area (TPSA) is 97.5 Å². The van der Waals surface area contributed by atoms with Crippen LogP contribution in [0.25, 0.3) is 0 Å². The van der Waals surface area contributed by atoms with E-state index in [1.165, 1.54) is 12.1 Å². The van der Waals surface area contributed by atoms with Gasteiger partial charge in [0.25, 0.3) is 10.1 Å². The maximum absolute atomic E-state index is 10.7. The monoisotopic (exact) mass is 201 g/mol. The summed E-state index contributed by atoms with van der Waals surface area (Å²) in [7, 11) is -4.38. The molecule has 0 aromatic heterocycles. The van der Waals surface area contributed by atoms with Gasteiger partial charge in [0.2, 0.25) is 0 Å². The molecular weight excluding hydrogens is 194 g/mol. The first-order valence-electron chi connectivity index (χ1n) is 3.27. The first-order valence-corrected chi connectivity index (χ1v) is 4.71. The molecule has 13 heavy (non-hydrogen) atoms. The summed E-state index contributed by atoms with van der Waals surface area (Å²) in [6.07, 6.45) is 0.336. The molecule has 6 heteroatoms. The standard InChI is InChI=1S/C7H7NO4S/c8-6-2-1-5(4-9)7(3-6)13(10,11)12/h1-4H,8H2,(H,10,11,12). The lowest BCUT2D eigenvalue weighted by molar-refractivity contribution is 0.112. The van der Waals surface area contributed by atoms with Gasteiger partial charge in [-0.1, -0.05) is 0 Å². The number of hydrogen-bond acceptors (Lipinski definition) is 4. The molecule has 70 valence electrons. The maximum Gasteiger partial charge on any atom is 0.295 e. The van der Waals surface area contributed by atoms with Crippen molar-refractivity contribution in [2.75, 3.05) is 5.73 Å². The van der Waals surface area contributed by atoms with Crippen LogP contribution in [0.1, 0.15) is 10.4 Å². The molecule has 1 aromatic rings. The van der Waals surface area contributed by atoms with Gasteiger partial charge in [0.05, 0.1) is 0 Å². The molecule has 0 fully saturated rings. The third kappa shape index (κ3) is 2.04. The van der Waals surface area contributed by atoms with Crippen LogP contribution in [0.5, 0.6) is 0 Å². The molecule has 0 aliphatic rings. The van der Waals surface area contributed by atoms with Crippen molar-refractivity contribution < 1.29 is 17.8 Å². The molecule has 0 bridgehead atoms. The zero-order valence-corrected chi connectivity index (χ0v) is 7.28. The van der Waals surface area contributed by atoms with Crippen molar-refractivity contribution in [3.63, 3.8) is 0 Å². The third-order valence-corrected chi connectivity index (χ3v) is 2.35. The average molecular weight is 201 g/mol. The van der Waals surface area contributed by atoms with Gasteiger partial charge in [0, 0.05) is 11.3 Å². The summed E-state index contributed by atoms with van der Waals surface area (Å²) in [5.74, 6) is 0. The normalized spacial score (nSPS) is 11.2. The summed E-state index contributed by atoms with van der Waals surface area (Å²) >= 11 is 0. The van der Waals surface area contributed by atoms with Gasteiger partial charge in [0.1, 0.15) is 4.90 Å². The molecule has 0 heterocycles. The van der Waals surface area contributed by atoms with Crippen LogP contribution in [-0.4, -0.2) is 19.3 Å². The molecule has 0 saturated heterocycles. The summed E-state index contributed by atoms with van der Waals surface area (Å²) in [6.45, 7) is 0. The fourth-order valence-electron chi connectivity index (χ4n) is 0.872. The van der Waals surface area contributed by atoms with E-state index < -0.39 is 15.0 Å². The number of nitrogen functional groups attached to an aromatic ring is 1. The second-order valence-electron chi connectivity index (χ2n) is 2.39. The molecular formula is C7H7NO4S. The third-order valence-electron chi connectivity index (χ3n) is 1.44. The summed E-state index contributed by atoms with van der Waals surface area (Å²) in [5.41, 5.74) is 5.34. The Kier molecular flexibility index (Phi) is 2.35. The fraction of sp³-hybridized carbons (Fsp3) is 0. The summed E-state index contributed by atoms with van der Waals surface area (Å²) in [5, 5.41) is 0. The highest BCUT2D eigenvalue weighted by Crippen LogP contribution is 2.16. The Hall–Kier alpha value is -1.40. The van der Waals surface area contributed by atoms with Gasteiger partial charge in [-0.3, -0.25) is 9.35 Å². The van der Waals surface area contributed by atoms with Gasteiger partial charge in [-0.2, -0.15) is 8.42 Å². The van der Waals surface area contributed by atoms with Gasteiger partial charge >= 0.3 is 0 Å². The molecule has 0 aliphatic carbocycles. The van der Waals surface area contributed by atoms with Crippen molar-refractivity contribution >= 4 is 22.1 Å². The van der Waals surface area contributed by atoms with E-state index >= 15 is 0 Å². The Balaban J connectivity index is 3.50. The van der Waals surface area contributed by atoms with Crippen LogP contribution in [0, 0.1) is 0 Å². The van der Waals surface area contributed by atoms with Gasteiger partial charge < -0.3 is 5.73 Å². The Bertz CT molecular complexity index is 438. The smallest absolute Gasteiger partial charge is 0.295 e. The van der Waals surface area contributed by atoms with Crippen LogP contribution < -0.4 is 5.73 Å². The number of benzene rings is 1. The predicted octanol–water partition coefficient (Wildman–Crippen LogP) is 0.328. The number of carbonyl (C=O) groups is 1. The number of rotatable bonds is 2. The van der Waals surface area contributed by atoms with E-state index in [0.29, 0.717) is 6.29 Å². The first kappa shape index (κ1) is 9.69. The molecule has 1 aromatic carbocycles. The molecule has 0 aliphatic heterocycles. The van der Waals surface area contributed by atoms with Gasteiger partial charge in [-0.25, -0.2) is 0 Å². The number of nitrogens with two attached hydrogens (primary N) is 1. The number of aldehydes is 1. The summed E-state index contributed by atoms with van der Waals surface area (Å²) in [6, 6.07) is 3.63. The minimum atomic E-state index is -4.38. The van der Waals surface area contributed by atoms with E-state index in [2.05, 4.69) is 0 Å². The largest absolute Gasteiger partial charge is 0.399 e. The van der Waals surface area contributed by atoms with Crippen molar-refractivity contribution in [2.24, 2.45) is 0 Å². The zero-order valence-electron chi connectivity index (χ0n) is 6.47. The lowest BCUT2D eigenvalue weighted by Gasteiger charge is -2.01. The highest BCUT2D eigenvalue weighted by Gasteiger charge is 2.14. The second-order valence-corrected chi connectivity index (χ2v) is 3.78. The van der Waals surface area contributed by atoms with E-state index in [0.717, 1.165) is 6.07 Å². The summed E-state index contributed by atoms with van der Waals surface area (Å²) in [4.78, 5) is 9.90. The SMILES string of the molecule is Nc1ccc(C=O)c(S(=O)(=O)O)c1. The number of anilines is 1. The minimum absolute atomic E-state index is 0.114. The van der Waals surface area contributed by atoms with E-state index in [4.69, 9.17) is 10.3 Å². The fourth-order valence-corrected chi connectivity index (χ4v) is 1.57. The van der Waals surface area contributed by atoms with E-state index in [-0.39, 0.29) is 11.3 Å². The van der Waals surface area contributed by atoms with E-state index in [9.17, 15) is 13.2 Å². The van der Waals surface area contributed by atoms with Crippen LogP contribution in [0.3, 0.4) is 0 Å². The molecule has 0 saturated carbocycles. The maximum atomic E-state index is 10.7. The van der Waals surface area contributed by atoms with Gasteiger partial charge in [-0.15, -0.1) is 0 Å². The van der Waals surface area contributed by atoms with Crippen molar-refractivity contribution in [1.29, 1.82) is 0 Å². The highest BCUT2D eigenvalue weighted by atomic mass is 32.2. The highest BCUT2D eigenvalue weighted by molar-refractivity contribution is 7.86. The Morgan fingerprint density at radius 2 is 2.00 bits per heavy atom. The minimum Gasteiger partial charge on any atom is -0.399 e. The number of hydrogen-bond donors (Lipinski definition) is 2. The van der Waals surface area contributed by atoms with Crippen molar-refractivity contribution in [1.82, 2.24) is 0 Å². The van der Waals surface area contributed by atoms with E-state index in [1.54, 1.807) is 0 Å². The predicted molar refractivity (Wildman–Crippen MR) is 46.1 cm³/mol. The van der Waals surface area contributed by atoms with Gasteiger partial charge in [-0.05, 0) is 18.2 Å². The molecule has 0 radical (unpaired) electrons. The lowest BCUT2D eigenvalue weighted by atomic mass is 10.2. The van der Waals surface area contributed by atoms with Crippen LogP contribution in [0.4, 0.5) is 5.69 Å².